The van der Waals surface area contributed by atoms with E-state index in [1.165, 1.54) is 12.8 Å². The van der Waals surface area contributed by atoms with Crippen molar-refractivity contribution in [2.75, 3.05) is 0 Å². The summed E-state index contributed by atoms with van der Waals surface area (Å²) in [4.78, 5) is 0. The SMILES string of the molecule is CCC(CC)[SiH2]C. The third-order valence-electron chi connectivity index (χ3n) is 1.73. The van der Waals surface area contributed by atoms with Gasteiger partial charge in [0.15, 0.2) is 0 Å². The Morgan fingerprint density at radius 2 is 1.71 bits per heavy atom. The molecule has 0 amide bonds. The zero-order valence-corrected chi connectivity index (χ0v) is 7.11. The largest absolute Gasteiger partial charge is 0.0746 e. The van der Waals surface area contributed by atoms with Crippen LogP contribution in [0.15, 0.2) is 0 Å². The van der Waals surface area contributed by atoms with E-state index < -0.39 is 0 Å². The molecule has 1 heteroatoms. The Kier molecular flexibility index (Phi) is 4.51. The Labute approximate surface area is 49.1 Å². The Morgan fingerprint density at radius 3 is 1.71 bits per heavy atom. The minimum absolute atomic E-state index is 0.328. The first-order valence-electron chi connectivity index (χ1n) is 3.35. The minimum Gasteiger partial charge on any atom is -0.0746 e. The minimum atomic E-state index is 0.328. The highest BCUT2D eigenvalue weighted by Gasteiger charge is 1.96. The van der Waals surface area contributed by atoms with Gasteiger partial charge in [-0.2, -0.15) is 0 Å². The molecule has 44 valence electrons. The van der Waals surface area contributed by atoms with Crippen molar-refractivity contribution in [2.45, 2.75) is 38.8 Å². The molecule has 0 nitrogen and oxygen atoms in total. The highest BCUT2D eigenvalue weighted by molar-refractivity contribution is 6.35. The first-order valence-corrected chi connectivity index (χ1v) is 5.58. The smallest absolute Gasteiger partial charge is 0.0200 e. The van der Waals surface area contributed by atoms with Crippen molar-refractivity contribution in [3.05, 3.63) is 0 Å². The summed E-state index contributed by atoms with van der Waals surface area (Å²) in [6.07, 6.45) is 2.83. The molecule has 0 unspecified atom stereocenters. The van der Waals surface area contributed by atoms with Gasteiger partial charge >= 0.3 is 0 Å². The molecule has 0 saturated heterocycles. The fourth-order valence-electron chi connectivity index (χ4n) is 0.866. The third-order valence-corrected chi connectivity index (χ3v) is 4.04. The van der Waals surface area contributed by atoms with Crippen LogP contribution in [0.25, 0.3) is 0 Å². The Bertz CT molecular complexity index is 25.7. The molecule has 0 radical (unpaired) electrons. The molecule has 0 aliphatic rings. The summed E-state index contributed by atoms with van der Waals surface area (Å²) in [5, 5.41) is 0. The van der Waals surface area contributed by atoms with E-state index in [1.807, 2.05) is 0 Å². The van der Waals surface area contributed by atoms with E-state index in [4.69, 9.17) is 0 Å². The lowest BCUT2D eigenvalue weighted by Gasteiger charge is -2.04. The second-order valence-electron chi connectivity index (χ2n) is 2.09. The fourth-order valence-corrected chi connectivity index (χ4v) is 2.02. The van der Waals surface area contributed by atoms with E-state index in [0.29, 0.717) is 9.52 Å². The van der Waals surface area contributed by atoms with Crippen molar-refractivity contribution < 1.29 is 0 Å². The summed E-state index contributed by atoms with van der Waals surface area (Å²) < 4.78 is 0. The zero-order valence-electron chi connectivity index (χ0n) is 5.70. The molecule has 0 atom stereocenters. The molecule has 0 aromatic carbocycles. The maximum absolute atomic E-state index is 2.40. The van der Waals surface area contributed by atoms with Crippen molar-refractivity contribution >= 4 is 9.52 Å². The van der Waals surface area contributed by atoms with Crippen LogP contribution in [0.3, 0.4) is 0 Å². The molecule has 0 aromatic rings. The standard InChI is InChI=1S/C6H16Si/c1-4-6(5-2)7-3/h6H,4-5,7H2,1-3H3. The fraction of sp³-hybridized carbons (Fsp3) is 1.00. The average molecular weight is 116 g/mol. The van der Waals surface area contributed by atoms with Crippen LogP contribution in [-0.4, -0.2) is 9.52 Å². The molecule has 0 aromatic heterocycles. The van der Waals surface area contributed by atoms with E-state index in [-0.39, 0.29) is 0 Å². The molecule has 0 bridgehead atoms. The molecule has 0 spiro atoms. The van der Waals surface area contributed by atoms with Gasteiger partial charge in [0.1, 0.15) is 0 Å². The van der Waals surface area contributed by atoms with Gasteiger partial charge in [-0.25, -0.2) is 0 Å². The molecule has 0 rings (SSSR count). The van der Waals surface area contributed by atoms with Gasteiger partial charge in [0, 0.05) is 9.52 Å². The molecular formula is C6H16Si. The van der Waals surface area contributed by atoms with Gasteiger partial charge in [-0.15, -0.1) is 0 Å². The van der Waals surface area contributed by atoms with Gasteiger partial charge in [-0.05, 0) is 0 Å². The lowest BCUT2D eigenvalue weighted by molar-refractivity contribution is 0.761. The van der Waals surface area contributed by atoms with Gasteiger partial charge in [-0.3, -0.25) is 0 Å². The molecule has 0 fully saturated rings. The van der Waals surface area contributed by atoms with Crippen molar-refractivity contribution in [1.82, 2.24) is 0 Å². The van der Waals surface area contributed by atoms with Crippen molar-refractivity contribution in [3.8, 4) is 0 Å². The molecule has 0 aliphatic heterocycles. The number of rotatable bonds is 3. The normalized spacial score (nSPS) is 12.0. The quantitative estimate of drug-likeness (QED) is 0.493. The first-order chi connectivity index (χ1) is 3.35. The Morgan fingerprint density at radius 1 is 1.29 bits per heavy atom. The van der Waals surface area contributed by atoms with E-state index in [2.05, 4.69) is 20.4 Å². The third kappa shape index (κ3) is 2.86. The highest BCUT2D eigenvalue weighted by atomic mass is 28.2. The van der Waals surface area contributed by atoms with Gasteiger partial charge in [0.25, 0.3) is 0 Å². The summed E-state index contributed by atoms with van der Waals surface area (Å²) in [6.45, 7) is 6.99. The molecular weight excluding hydrogens is 100 g/mol. The summed E-state index contributed by atoms with van der Waals surface area (Å²) in [7, 11) is 0.328. The second kappa shape index (κ2) is 4.38. The van der Waals surface area contributed by atoms with Crippen LogP contribution in [0.1, 0.15) is 26.7 Å². The van der Waals surface area contributed by atoms with E-state index in [9.17, 15) is 0 Å². The Hall–Kier alpha value is 0.217. The molecule has 0 aliphatic carbocycles. The van der Waals surface area contributed by atoms with Crippen LogP contribution >= 0.6 is 0 Å². The van der Waals surface area contributed by atoms with Gasteiger partial charge < -0.3 is 0 Å². The lowest BCUT2D eigenvalue weighted by atomic mass is 10.3. The topological polar surface area (TPSA) is 0 Å². The number of hydrogen-bond acceptors (Lipinski definition) is 0. The maximum atomic E-state index is 2.40. The second-order valence-corrected chi connectivity index (χ2v) is 4.06. The summed E-state index contributed by atoms with van der Waals surface area (Å²) in [5.74, 6) is 0. The van der Waals surface area contributed by atoms with Gasteiger partial charge in [-0.1, -0.05) is 38.8 Å². The molecule has 0 N–H and O–H groups in total. The Balaban J connectivity index is 2.99. The van der Waals surface area contributed by atoms with E-state index in [0.717, 1.165) is 5.54 Å². The van der Waals surface area contributed by atoms with Crippen LogP contribution in [0.4, 0.5) is 0 Å². The number of hydrogen-bond donors (Lipinski definition) is 0. The van der Waals surface area contributed by atoms with E-state index in [1.54, 1.807) is 0 Å². The lowest BCUT2D eigenvalue weighted by Crippen LogP contribution is -1.94. The predicted octanol–water partition coefficient (Wildman–Crippen LogP) is 1.81. The summed E-state index contributed by atoms with van der Waals surface area (Å²) in [5.41, 5.74) is 1.12. The van der Waals surface area contributed by atoms with E-state index >= 15 is 0 Å². The summed E-state index contributed by atoms with van der Waals surface area (Å²) >= 11 is 0. The molecule has 7 heavy (non-hydrogen) atoms. The monoisotopic (exact) mass is 116 g/mol. The van der Waals surface area contributed by atoms with Crippen molar-refractivity contribution in [1.29, 1.82) is 0 Å². The predicted molar refractivity (Wildman–Crippen MR) is 38.7 cm³/mol. The molecule has 0 heterocycles. The van der Waals surface area contributed by atoms with Gasteiger partial charge in [0.2, 0.25) is 0 Å². The van der Waals surface area contributed by atoms with Crippen LogP contribution in [0.2, 0.25) is 12.1 Å². The highest BCUT2D eigenvalue weighted by Crippen LogP contribution is 2.11. The van der Waals surface area contributed by atoms with Crippen LogP contribution in [-0.2, 0) is 0 Å². The zero-order chi connectivity index (χ0) is 5.70. The van der Waals surface area contributed by atoms with Crippen LogP contribution in [0.5, 0.6) is 0 Å². The van der Waals surface area contributed by atoms with Crippen molar-refractivity contribution in [3.63, 3.8) is 0 Å². The van der Waals surface area contributed by atoms with Crippen LogP contribution < -0.4 is 0 Å². The first kappa shape index (κ1) is 7.22. The average Bonchev–Trinajstić information content (AvgIpc) is 1.72. The maximum Gasteiger partial charge on any atom is 0.0200 e. The van der Waals surface area contributed by atoms with Gasteiger partial charge in [0.05, 0.1) is 0 Å². The molecule has 0 saturated carbocycles. The van der Waals surface area contributed by atoms with Crippen molar-refractivity contribution in [2.24, 2.45) is 0 Å². The summed E-state index contributed by atoms with van der Waals surface area (Å²) in [6, 6.07) is 0. The van der Waals surface area contributed by atoms with Crippen LogP contribution in [0, 0.1) is 0 Å².